The second kappa shape index (κ2) is 7.41. The van der Waals surface area contributed by atoms with Crippen molar-refractivity contribution in [1.29, 1.82) is 0 Å². The lowest BCUT2D eigenvalue weighted by molar-refractivity contribution is -0.123. The van der Waals surface area contributed by atoms with Crippen LogP contribution in [0.5, 0.6) is 0 Å². The van der Waals surface area contributed by atoms with Crippen molar-refractivity contribution in [1.82, 2.24) is 4.90 Å². The van der Waals surface area contributed by atoms with E-state index in [-0.39, 0.29) is 11.8 Å². The van der Waals surface area contributed by atoms with Crippen LogP contribution in [-0.2, 0) is 14.3 Å². The number of methoxy groups -OCH3 is 1. The number of hydrogen-bond acceptors (Lipinski definition) is 4. The van der Waals surface area contributed by atoms with Crippen LogP contribution in [0.1, 0.15) is 37.6 Å². The highest BCUT2D eigenvalue weighted by Gasteiger charge is 2.51. The van der Waals surface area contributed by atoms with Gasteiger partial charge in [-0.15, -0.1) is 0 Å². The SMILES string of the molecule is COC1C=C2C=C3C(=C(C)C(=O)N3C)CC2(C)C(C)C1OC(=O)c1cccc(F)c1F. The third kappa shape index (κ3) is 3.14. The number of esters is 1. The van der Waals surface area contributed by atoms with Crippen LogP contribution in [0.15, 0.2) is 52.8 Å². The number of carbonyl (C=O) groups excluding carboxylic acids is 2. The fraction of sp³-hybridized carbons (Fsp3) is 0.417. The van der Waals surface area contributed by atoms with Gasteiger partial charge in [0.05, 0.1) is 5.56 Å². The molecule has 3 aliphatic rings. The van der Waals surface area contributed by atoms with Gasteiger partial charge in [0.25, 0.3) is 5.91 Å². The molecule has 2 aliphatic carbocycles. The van der Waals surface area contributed by atoms with Gasteiger partial charge in [-0.05, 0) is 48.8 Å². The standard InChI is InChI=1S/C24H25F2NO4/c1-12-16-11-24(3)13(2)21(31-23(29)15-7-6-8-17(25)20(15)26)19(30-5)10-14(24)9-18(16)27(4)22(12)28/h6-10,13,19,21H,11H2,1-5H3. The van der Waals surface area contributed by atoms with E-state index in [0.717, 1.165) is 22.9 Å². The molecular weight excluding hydrogens is 404 g/mol. The van der Waals surface area contributed by atoms with Gasteiger partial charge in [0.2, 0.25) is 0 Å². The van der Waals surface area contributed by atoms with E-state index in [2.05, 4.69) is 6.92 Å². The van der Waals surface area contributed by atoms with Gasteiger partial charge in [-0.3, -0.25) is 4.79 Å². The average Bonchev–Trinajstić information content (AvgIpc) is 2.94. The molecule has 1 aromatic rings. The summed E-state index contributed by atoms with van der Waals surface area (Å²) in [5.74, 6) is -3.51. The van der Waals surface area contributed by atoms with Gasteiger partial charge in [-0.1, -0.05) is 19.9 Å². The molecule has 164 valence electrons. The van der Waals surface area contributed by atoms with E-state index in [9.17, 15) is 18.4 Å². The van der Waals surface area contributed by atoms with Crippen LogP contribution in [-0.4, -0.2) is 43.1 Å². The average molecular weight is 429 g/mol. The van der Waals surface area contributed by atoms with Crippen LogP contribution in [0.3, 0.4) is 0 Å². The normalized spacial score (nSPS) is 30.0. The van der Waals surface area contributed by atoms with E-state index < -0.39 is 40.8 Å². The van der Waals surface area contributed by atoms with Crippen LogP contribution in [0.4, 0.5) is 8.78 Å². The maximum absolute atomic E-state index is 14.1. The molecule has 31 heavy (non-hydrogen) atoms. The first-order chi connectivity index (χ1) is 14.6. The first kappa shape index (κ1) is 21.4. The van der Waals surface area contributed by atoms with Crippen LogP contribution in [0.25, 0.3) is 0 Å². The van der Waals surface area contributed by atoms with Crippen molar-refractivity contribution in [3.8, 4) is 0 Å². The molecule has 0 aromatic heterocycles. The summed E-state index contributed by atoms with van der Waals surface area (Å²) in [5.41, 5.74) is 2.71. The number of allylic oxidation sites excluding steroid dienone is 3. The summed E-state index contributed by atoms with van der Waals surface area (Å²) < 4.78 is 39.0. The van der Waals surface area contributed by atoms with Gasteiger partial charge in [0.1, 0.15) is 12.2 Å². The van der Waals surface area contributed by atoms with Crippen molar-refractivity contribution in [2.24, 2.45) is 11.3 Å². The maximum Gasteiger partial charge on any atom is 0.341 e. The highest BCUT2D eigenvalue weighted by molar-refractivity contribution is 6.00. The molecule has 1 aliphatic heterocycles. The first-order valence-electron chi connectivity index (χ1n) is 10.2. The highest BCUT2D eigenvalue weighted by atomic mass is 19.2. The Morgan fingerprint density at radius 1 is 1.29 bits per heavy atom. The summed E-state index contributed by atoms with van der Waals surface area (Å²) in [5, 5.41) is 0. The maximum atomic E-state index is 14.1. The van der Waals surface area contributed by atoms with E-state index in [1.807, 2.05) is 26.0 Å². The van der Waals surface area contributed by atoms with E-state index in [0.29, 0.717) is 12.0 Å². The quantitative estimate of drug-likeness (QED) is 0.677. The second-order valence-corrected chi connectivity index (χ2v) is 8.67. The zero-order valence-electron chi connectivity index (χ0n) is 18.2. The number of amides is 1. The number of benzene rings is 1. The third-order valence-corrected chi connectivity index (χ3v) is 7.10. The molecule has 7 heteroatoms. The summed E-state index contributed by atoms with van der Waals surface area (Å²) in [6.45, 7) is 5.84. The molecule has 0 bridgehead atoms. The zero-order valence-corrected chi connectivity index (χ0v) is 18.2. The Labute approximate surface area is 180 Å². The molecule has 1 aromatic carbocycles. The van der Waals surface area contributed by atoms with Gasteiger partial charge < -0.3 is 14.4 Å². The lowest BCUT2D eigenvalue weighted by Crippen LogP contribution is -2.49. The second-order valence-electron chi connectivity index (χ2n) is 8.67. The fourth-order valence-electron chi connectivity index (χ4n) is 4.87. The van der Waals surface area contributed by atoms with E-state index in [1.165, 1.54) is 19.2 Å². The number of halogens is 2. The number of carbonyl (C=O) groups is 2. The van der Waals surface area contributed by atoms with Crippen LogP contribution >= 0.6 is 0 Å². The molecule has 0 radical (unpaired) electrons. The van der Waals surface area contributed by atoms with Crippen molar-refractivity contribution in [3.63, 3.8) is 0 Å². The van der Waals surface area contributed by atoms with Gasteiger partial charge in [-0.2, -0.15) is 0 Å². The Hall–Kier alpha value is -2.80. The monoisotopic (exact) mass is 429 g/mol. The summed E-state index contributed by atoms with van der Waals surface area (Å²) in [4.78, 5) is 26.8. The summed E-state index contributed by atoms with van der Waals surface area (Å²) in [7, 11) is 3.27. The molecule has 4 rings (SSSR count). The predicted molar refractivity (Wildman–Crippen MR) is 110 cm³/mol. The van der Waals surface area contributed by atoms with Crippen molar-refractivity contribution in [3.05, 3.63) is 70.0 Å². The van der Waals surface area contributed by atoms with Gasteiger partial charge in [0, 0.05) is 36.8 Å². The minimum Gasteiger partial charge on any atom is -0.455 e. The number of rotatable bonds is 3. The lowest BCUT2D eigenvalue weighted by Gasteiger charge is -2.48. The minimum absolute atomic E-state index is 0.0235. The number of hydrogen-bond donors (Lipinski definition) is 0. The number of nitrogens with zero attached hydrogens (tertiary/aromatic N) is 1. The van der Waals surface area contributed by atoms with Crippen molar-refractivity contribution in [2.75, 3.05) is 14.2 Å². The Balaban J connectivity index is 1.71. The summed E-state index contributed by atoms with van der Waals surface area (Å²) in [6.07, 6.45) is 3.23. The first-order valence-corrected chi connectivity index (χ1v) is 10.2. The number of ether oxygens (including phenoxy) is 2. The van der Waals surface area contributed by atoms with E-state index in [1.54, 1.807) is 11.9 Å². The smallest absolute Gasteiger partial charge is 0.341 e. The largest absolute Gasteiger partial charge is 0.455 e. The van der Waals surface area contributed by atoms with Gasteiger partial charge >= 0.3 is 5.97 Å². The topological polar surface area (TPSA) is 55.8 Å². The Morgan fingerprint density at radius 2 is 2.00 bits per heavy atom. The van der Waals surface area contributed by atoms with Gasteiger partial charge in [0.15, 0.2) is 11.6 Å². The van der Waals surface area contributed by atoms with Gasteiger partial charge in [-0.25, -0.2) is 13.6 Å². The number of likely N-dealkylation sites (N-methyl/N-ethyl adjacent to an activating group) is 1. The molecular formula is C24H25F2NO4. The Bertz CT molecular complexity index is 1070. The Morgan fingerprint density at radius 3 is 2.68 bits per heavy atom. The molecule has 0 N–H and O–H groups in total. The Kier molecular flexibility index (Phi) is 5.12. The molecule has 4 atom stereocenters. The van der Waals surface area contributed by atoms with Crippen LogP contribution in [0.2, 0.25) is 0 Å². The predicted octanol–water partition coefficient (Wildman–Crippen LogP) is 4.16. The zero-order chi connectivity index (χ0) is 22.7. The summed E-state index contributed by atoms with van der Waals surface area (Å²) >= 11 is 0. The molecule has 0 saturated carbocycles. The van der Waals surface area contributed by atoms with Crippen molar-refractivity contribution >= 4 is 11.9 Å². The fourth-order valence-corrected chi connectivity index (χ4v) is 4.87. The highest BCUT2D eigenvalue weighted by Crippen LogP contribution is 2.54. The molecule has 0 spiro atoms. The molecule has 1 amide bonds. The molecule has 5 nitrogen and oxygen atoms in total. The van der Waals surface area contributed by atoms with Crippen LogP contribution < -0.4 is 0 Å². The van der Waals surface area contributed by atoms with Crippen LogP contribution in [0, 0.1) is 23.0 Å². The molecule has 4 unspecified atom stereocenters. The van der Waals surface area contributed by atoms with Crippen molar-refractivity contribution in [2.45, 2.75) is 39.4 Å². The van der Waals surface area contributed by atoms with Crippen molar-refractivity contribution < 1.29 is 27.8 Å². The summed E-state index contributed by atoms with van der Waals surface area (Å²) in [6, 6.07) is 3.41. The van der Waals surface area contributed by atoms with E-state index in [4.69, 9.17) is 9.47 Å². The third-order valence-electron chi connectivity index (χ3n) is 7.10. The molecule has 0 saturated heterocycles. The molecule has 0 fully saturated rings. The lowest BCUT2D eigenvalue weighted by atomic mass is 9.59. The van der Waals surface area contributed by atoms with E-state index >= 15 is 0 Å². The minimum atomic E-state index is -1.23. The molecule has 1 heterocycles. The number of fused-ring (bicyclic) bond motifs is 2.